The third kappa shape index (κ3) is 6.52. The lowest BCUT2D eigenvalue weighted by Crippen LogP contribution is -2.23. The van der Waals surface area contributed by atoms with Crippen molar-refractivity contribution < 1.29 is 26.3 Å². The Morgan fingerprint density at radius 1 is 0.971 bits per heavy atom. The van der Waals surface area contributed by atoms with Crippen LogP contribution in [0.3, 0.4) is 0 Å². The van der Waals surface area contributed by atoms with Crippen molar-refractivity contribution in [2.45, 2.75) is 24.2 Å². The van der Waals surface area contributed by atoms with Gasteiger partial charge in [-0.15, -0.1) is 13.2 Å². The first-order valence-electron chi connectivity index (χ1n) is 10.7. The Bertz CT molecular complexity index is 1250. The van der Waals surface area contributed by atoms with Gasteiger partial charge in [-0.25, -0.2) is 8.42 Å². The van der Waals surface area contributed by atoms with E-state index in [0.717, 1.165) is 35.4 Å². The van der Waals surface area contributed by atoms with Crippen molar-refractivity contribution in [3.05, 3.63) is 83.4 Å². The maximum atomic E-state index is 12.8. The van der Waals surface area contributed by atoms with Crippen LogP contribution in [0.25, 0.3) is 11.1 Å². The zero-order valence-corrected chi connectivity index (χ0v) is 19.7. The second kappa shape index (κ2) is 9.98. The van der Waals surface area contributed by atoms with Crippen LogP contribution < -0.4 is 4.74 Å². The number of hydrogen-bond donors (Lipinski definition) is 0. The molecule has 1 saturated heterocycles. The third-order valence-corrected chi connectivity index (χ3v) is 7.86. The summed E-state index contributed by atoms with van der Waals surface area (Å²) in [5.74, 6) is -0.752. The molecular formula is C25H23ClF3NO3S. The molecule has 4 nitrogen and oxygen atoms in total. The number of rotatable bonds is 7. The Morgan fingerprint density at radius 3 is 2.41 bits per heavy atom. The first kappa shape index (κ1) is 24.6. The maximum absolute atomic E-state index is 12.8. The molecule has 0 N–H and O–H groups in total. The highest BCUT2D eigenvalue weighted by Crippen LogP contribution is 2.28. The minimum absolute atomic E-state index is 0.0945. The summed E-state index contributed by atoms with van der Waals surface area (Å²) < 4.78 is 66.8. The average Bonchev–Trinajstić information content (AvgIpc) is 3.19. The molecule has 1 atom stereocenters. The number of halogens is 4. The van der Waals surface area contributed by atoms with E-state index in [0.29, 0.717) is 24.5 Å². The topological polar surface area (TPSA) is 46.6 Å². The summed E-state index contributed by atoms with van der Waals surface area (Å²) in [5, 5.41) is 0.680. The van der Waals surface area contributed by atoms with Gasteiger partial charge in [-0.2, -0.15) is 0 Å². The SMILES string of the molecule is O=S(=O)(C[C@@H]1CCN(Cc2ccc(-c3cccc(Cl)c3)cc2)C1)c1cccc(OC(F)(F)F)c1. The zero-order chi connectivity index (χ0) is 24.3. The number of nitrogens with zero attached hydrogens (tertiary/aromatic N) is 1. The summed E-state index contributed by atoms with van der Waals surface area (Å²) in [6.45, 7) is 2.06. The van der Waals surface area contributed by atoms with E-state index in [9.17, 15) is 21.6 Å². The fraction of sp³-hybridized carbons (Fsp3) is 0.280. The number of sulfone groups is 1. The predicted molar refractivity (Wildman–Crippen MR) is 125 cm³/mol. The number of hydrogen-bond acceptors (Lipinski definition) is 4. The molecule has 0 bridgehead atoms. The van der Waals surface area contributed by atoms with Crippen molar-refractivity contribution in [3.8, 4) is 16.9 Å². The Balaban J connectivity index is 1.35. The number of benzene rings is 3. The largest absolute Gasteiger partial charge is 0.573 e. The summed E-state index contributed by atoms with van der Waals surface area (Å²) in [4.78, 5) is 2.03. The molecule has 0 unspecified atom stereocenters. The lowest BCUT2D eigenvalue weighted by molar-refractivity contribution is -0.274. The van der Waals surface area contributed by atoms with E-state index in [4.69, 9.17) is 11.6 Å². The van der Waals surface area contributed by atoms with Gasteiger partial charge in [0.2, 0.25) is 0 Å². The lowest BCUT2D eigenvalue weighted by Gasteiger charge is -2.17. The molecule has 3 aromatic rings. The summed E-state index contributed by atoms with van der Waals surface area (Å²) in [6, 6.07) is 20.4. The van der Waals surface area contributed by atoms with Crippen LogP contribution in [0.4, 0.5) is 13.2 Å². The quantitative estimate of drug-likeness (QED) is 0.380. The molecule has 0 aromatic heterocycles. The molecular weight excluding hydrogens is 487 g/mol. The molecule has 1 heterocycles. The van der Waals surface area contributed by atoms with E-state index in [2.05, 4.69) is 9.64 Å². The van der Waals surface area contributed by atoms with Crippen LogP contribution in [0.5, 0.6) is 5.75 Å². The molecule has 1 aliphatic rings. The standard InChI is InChI=1S/C25H23ClF3NO3S/c26-22-4-1-3-21(13-22)20-9-7-18(8-10-20)15-30-12-11-19(16-30)17-34(31,32)24-6-2-5-23(14-24)33-25(27,28)29/h1-10,13-14,19H,11-12,15-17H2/t19-/m1/s1. The molecule has 4 rings (SSSR count). The van der Waals surface area contributed by atoms with E-state index in [1.165, 1.54) is 12.1 Å². The van der Waals surface area contributed by atoms with Crippen molar-refractivity contribution in [1.29, 1.82) is 0 Å². The van der Waals surface area contributed by atoms with Crippen LogP contribution in [-0.2, 0) is 16.4 Å². The van der Waals surface area contributed by atoms with Gasteiger partial charge in [0.05, 0.1) is 10.6 Å². The summed E-state index contributed by atoms with van der Waals surface area (Å²) in [5.41, 5.74) is 3.22. The van der Waals surface area contributed by atoms with E-state index >= 15 is 0 Å². The second-order valence-electron chi connectivity index (χ2n) is 8.40. The molecule has 1 fully saturated rings. The monoisotopic (exact) mass is 509 g/mol. The van der Waals surface area contributed by atoms with E-state index in [1.807, 2.05) is 48.5 Å². The van der Waals surface area contributed by atoms with Crippen LogP contribution in [0, 0.1) is 5.92 Å². The smallest absolute Gasteiger partial charge is 0.406 e. The molecule has 0 saturated carbocycles. The van der Waals surface area contributed by atoms with Gasteiger partial charge >= 0.3 is 6.36 Å². The minimum Gasteiger partial charge on any atom is -0.406 e. The highest BCUT2D eigenvalue weighted by Gasteiger charge is 2.32. The van der Waals surface area contributed by atoms with Crippen LogP contribution in [0.1, 0.15) is 12.0 Å². The Hall–Kier alpha value is -2.55. The van der Waals surface area contributed by atoms with Gasteiger partial charge in [-0.05, 0) is 65.9 Å². The number of likely N-dealkylation sites (tertiary alicyclic amines) is 1. The van der Waals surface area contributed by atoms with Crippen molar-refractivity contribution in [2.75, 3.05) is 18.8 Å². The summed E-state index contributed by atoms with van der Waals surface area (Å²) in [6.07, 6.45) is -4.17. The lowest BCUT2D eigenvalue weighted by atomic mass is 10.0. The van der Waals surface area contributed by atoms with Gasteiger partial charge in [0.25, 0.3) is 0 Å². The first-order valence-corrected chi connectivity index (χ1v) is 12.8. The minimum atomic E-state index is -4.87. The van der Waals surface area contributed by atoms with E-state index in [1.54, 1.807) is 0 Å². The fourth-order valence-corrected chi connectivity index (χ4v) is 6.05. The van der Waals surface area contributed by atoms with Crippen LogP contribution in [-0.4, -0.2) is 38.5 Å². The molecule has 0 aliphatic carbocycles. The first-order chi connectivity index (χ1) is 16.1. The number of ether oxygens (including phenoxy) is 1. The van der Waals surface area contributed by atoms with E-state index < -0.39 is 21.9 Å². The van der Waals surface area contributed by atoms with Crippen LogP contribution >= 0.6 is 11.6 Å². The van der Waals surface area contributed by atoms with Gasteiger partial charge in [0, 0.05) is 18.1 Å². The molecule has 0 radical (unpaired) electrons. The third-order valence-electron chi connectivity index (χ3n) is 5.74. The van der Waals surface area contributed by atoms with Gasteiger partial charge in [0.1, 0.15) is 5.75 Å². The van der Waals surface area contributed by atoms with Crippen molar-refractivity contribution >= 4 is 21.4 Å². The molecule has 9 heteroatoms. The normalized spacial score (nSPS) is 17.1. The molecule has 0 amide bonds. The predicted octanol–water partition coefficient (Wildman–Crippen LogP) is 6.20. The molecule has 3 aromatic carbocycles. The Kier molecular flexibility index (Phi) is 7.21. The van der Waals surface area contributed by atoms with Crippen LogP contribution in [0.15, 0.2) is 77.7 Å². The zero-order valence-electron chi connectivity index (χ0n) is 18.1. The molecule has 1 aliphatic heterocycles. The molecule has 0 spiro atoms. The van der Waals surface area contributed by atoms with Crippen molar-refractivity contribution in [3.63, 3.8) is 0 Å². The average molecular weight is 510 g/mol. The van der Waals surface area contributed by atoms with Gasteiger partial charge in [-0.3, -0.25) is 4.90 Å². The Morgan fingerprint density at radius 2 is 1.71 bits per heavy atom. The van der Waals surface area contributed by atoms with Crippen molar-refractivity contribution in [2.24, 2.45) is 5.92 Å². The molecule has 34 heavy (non-hydrogen) atoms. The summed E-state index contributed by atoms with van der Waals surface area (Å²) in [7, 11) is -3.74. The van der Waals surface area contributed by atoms with Crippen molar-refractivity contribution in [1.82, 2.24) is 4.90 Å². The highest BCUT2D eigenvalue weighted by molar-refractivity contribution is 7.91. The van der Waals surface area contributed by atoms with E-state index in [-0.39, 0.29) is 16.6 Å². The van der Waals surface area contributed by atoms with Crippen LogP contribution in [0.2, 0.25) is 5.02 Å². The number of alkyl halides is 3. The Labute approximate surface area is 201 Å². The van der Waals surface area contributed by atoms with Gasteiger partial charge in [-0.1, -0.05) is 54.1 Å². The highest BCUT2D eigenvalue weighted by atomic mass is 35.5. The van der Waals surface area contributed by atoms with Gasteiger partial charge < -0.3 is 4.74 Å². The fourth-order valence-electron chi connectivity index (χ4n) is 4.19. The maximum Gasteiger partial charge on any atom is 0.573 e. The summed E-state index contributed by atoms with van der Waals surface area (Å²) >= 11 is 6.07. The second-order valence-corrected chi connectivity index (χ2v) is 10.9. The molecule has 180 valence electrons. The van der Waals surface area contributed by atoms with Gasteiger partial charge in [0.15, 0.2) is 9.84 Å².